The number of thiophene rings is 1. The smallest absolute Gasteiger partial charge is 0.0619 e. The summed E-state index contributed by atoms with van der Waals surface area (Å²) < 4.78 is 5.23. The Labute approximate surface area is 298 Å². The summed E-state index contributed by atoms with van der Waals surface area (Å²) in [6, 6.07) is 54.3. The fraction of sp³-hybridized carbons (Fsp3) is 0.167. The summed E-state index contributed by atoms with van der Waals surface area (Å²) in [6.45, 7) is 2.29. The molecule has 0 aliphatic carbocycles. The number of nitrogens with zero attached hydrogens (tertiary/aromatic N) is 1. The number of fused-ring (bicyclic) bond motifs is 9. The molecule has 0 aliphatic heterocycles. The molecule has 0 aliphatic rings. The van der Waals surface area contributed by atoms with E-state index >= 15 is 0 Å². The lowest BCUT2D eigenvalue weighted by Gasteiger charge is -2.12. The molecule has 2 heterocycles. The highest BCUT2D eigenvalue weighted by molar-refractivity contribution is 7.26. The second kappa shape index (κ2) is 13.3. The summed E-state index contributed by atoms with van der Waals surface area (Å²) >= 11 is 1.92. The van der Waals surface area contributed by atoms with Gasteiger partial charge in [0.1, 0.15) is 0 Å². The molecule has 1 nitrogen and oxygen atoms in total. The van der Waals surface area contributed by atoms with E-state index in [9.17, 15) is 0 Å². The maximum Gasteiger partial charge on any atom is 0.0619 e. The predicted octanol–water partition coefficient (Wildman–Crippen LogP) is 14.5. The Bertz CT molecular complexity index is 2610. The third-order valence-corrected chi connectivity index (χ3v) is 11.8. The van der Waals surface area contributed by atoms with Crippen molar-refractivity contribution >= 4 is 64.1 Å². The molecule has 0 fully saturated rings. The van der Waals surface area contributed by atoms with E-state index in [-0.39, 0.29) is 0 Å². The van der Waals surface area contributed by atoms with Gasteiger partial charge in [-0.3, -0.25) is 0 Å². The van der Waals surface area contributed by atoms with Crippen molar-refractivity contribution in [2.75, 3.05) is 0 Å². The van der Waals surface area contributed by atoms with Crippen molar-refractivity contribution in [2.45, 2.75) is 51.9 Å². The van der Waals surface area contributed by atoms with Gasteiger partial charge >= 0.3 is 0 Å². The number of aryl methyl sites for hydroxylation is 1. The number of unbranched alkanes of at least 4 members (excludes halogenated alkanes) is 5. The van der Waals surface area contributed by atoms with E-state index < -0.39 is 0 Å². The minimum Gasteiger partial charge on any atom is -0.309 e. The number of hydrogen-bond acceptors (Lipinski definition) is 1. The molecule has 0 saturated heterocycles. The van der Waals surface area contributed by atoms with Gasteiger partial charge in [0.2, 0.25) is 0 Å². The largest absolute Gasteiger partial charge is 0.309 e. The Morgan fingerprint density at radius 1 is 0.460 bits per heavy atom. The van der Waals surface area contributed by atoms with Crippen molar-refractivity contribution in [3.8, 4) is 27.9 Å². The fourth-order valence-corrected chi connectivity index (χ4v) is 9.23. The van der Waals surface area contributed by atoms with Gasteiger partial charge in [0.15, 0.2) is 0 Å². The van der Waals surface area contributed by atoms with Crippen LogP contribution in [0.15, 0.2) is 146 Å². The van der Waals surface area contributed by atoms with E-state index in [0.29, 0.717) is 0 Å². The van der Waals surface area contributed by atoms with Gasteiger partial charge in [-0.25, -0.2) is 0 Å². The fourth-order valence-electron chi connectivity index (χ4n) is 7.96. The van der Waals surface area contributed by atoms with E-state index in [1.807, 2.05) is 11.3 Å². The van der Waals surface area contributed by atoms with Gasteiger partial charge < -0.3 is 4.57 Å². The first-order chi connectivity index (χ1) is 24.8. The monoisotopic (exact) mass is 663 g/mol. The third kappa shape index (κ3) is 5.49. The van der Waals surface area contributed by atoms with Gasteiger partial charge in [0, 0.05) is 47.4 Å². The molecular weight excluding hydrogens is 623 g/mol. The van der Waals surface area contributed by atoms with Gasteiger partial charge in [0.05, 0.1) is 11.0 Å². The standard InChI is InChI=1S/C48H41NS/c1-2-3-4-5-6-9-14-33-19-23-38(24-20-33)49-45-31-36(34-15-10-7-11-16-34)21-25-39(45)41-27-30-44-42(47(41)49)28-29-43-40-26-22-37(32-46(40)50-48(43)44)35-17-12-8-13-18-35/h7-8,10-13,15-32H,2-6,9,14H2,1H3. The zero-order valence-corrected chi connectivity index (χ0v) is 29.5. The van der Waals surface area contributed by atoms with Crippen LogP contribution in [0, 0.1) is 0 Å². The van der Waals surface area contributed by atoms with Crippen LogP contribution in [0.25, 0.3) is 80.7 Å². The molecule has 0 radical (unpaired) electrons. The Morgan fingerprint density at radius 3 is 1.72 bits per heavy atom. The summed E-state index contributed by atoms with van der Waals surface area (Å²) in [6.07, 6.45) is 9.12. The van der Waals surface area contributed by atoms with Crippen LogP contribution in [-0.4, -0.2) is 4.57 Å². The second-order valence-electron chi connectivity index (χ2n) is 13.8. The number of rotatable bonds is 10. The molecular formula is C48H41NS. The van der Waals surface area contributed by atoms with Crippen molar-refractivity contribution in [3.63, 3.8) is 0 Å². The van der Waals surface area contributed by atoms with Crippen molar-refractivity contribution in [2.24, 2.45) is 0 Å². The minimum atomic E-state index is 1.15. The minimum absolute atomic E-state index is 1.15. The van der Waals surface area contributed by atoms with E-state index in [1.165, 1.54) is 125 Å². The third-order valence-electron chi connectivity index (χ3n) is 10.6. The first-order valence-electron chi connectivity index (χ1n) is 18.3. The molecule has 2 heteroatoms. The molecule has 9 rings (SSSR count). The van der Waals surface area contributed by atoms with Crippen LogP contribution in [0.2, 0.25) is 0 Å². The Hall–Kier alpha value is -5.18. The molecule has 0 unspecified atom stereocenters. The van der Waals surface area contributed by atoms with Crippen molar-refractivity contribution in [1.29, 1.82) is 0 Å². The van der Waals surface area contributed by atoms with Crippen molar-refractivity contribution in [3.05, 3.63) is 151 Å². The second-order valence-corrected chi connectivity index (χ2v) is 14.8. The first kappa shape index (κ1) is 30.8. The van der Waals surface area contributed by atoms with Gasteiger partial charge in [-0.1, -0.05) is 160 Å². The molecule has 244 valence electrons. The summed E-state index contributed by atoms with van der Waals surface area (Å²) in [5, 5.41) is 7.89. The lowest BCUT2D eigenvalue weighted by atomic mass is 10.0. The predicted molar refractivity (Wildman–Crippen MR) is 219 cm³/mol. The molecule has 0 bridgehead atoms. The Kier molecular flexibility index (Phi) is 8.19. The van der Waals surface area contributed by atoms with Crippen molar-refractivity contribution in [1.82, 2.24) is 4.57 Å². The molecule has 0 amide bonds. The Balaban J connectivity index is 1.21. The summed E-state index contributed by atoms with van der Waals surface area (Å²) in [5.41, 5.74) is 10.2. The van der Waals surface area contributed by atoms with E-state index in [0.717, 1.165) is 6.42 Å². The van der Waals surface area contributed by atoms with Gasteiger partial charge in [-0.05, 0) is 64.9 Å². The molecule has 0 N–H and O–H groups in total. The molecule has 9 aromatic rings. The topological polar surface area (TPSA) is 4.93 Å². The molecule has 0 spiro atoms. The highest BCUT2D eigenvalue weighted by atomic mass is 32.1. The van der Waals surface area contributed by atoms with Crippen LogP contribution >= 0.6 is 11.3 Å². The molecule has 7 aromatic carbocycles. The van der Waals surface area contributed by atoms with Crippen LogP contribution in [0.3, 0.4) is 0 Å². The molecule has 50 heavy (non-hydrogen) atoms. The highest BCUT2D eigenvalue weighted by Crippen LogP contribution is 2.44. The van der Waals surface area contributed by atoms with Gasteiger partial charge in [0.25, 0.3) is 0 Å². The Morgan fingerprint density at radius 2 is 1.02 bits per heavy atom. The average molecular weight is 664 g/mol. The SMILES string of the molecule is CCCCCCCCc1ccc(-n2c3cc(-c4ccccc4)ccc3c3ccc4c(ccc5c6ccc(-c7ccccc7)cc6sc54)c32)cc1. The lowest BCUT2D eigenvalue weighted by molar-refractivity contribution is 0.607. The zero-order chi connectivity index (χ0) is 33.4. The quantitative estimate of drug-likeness (QED) is 0.128. The maximum absolute atomic E-state index is 2.53. The lowest BCUT2D eigenvalue weighted by Crippen LogP contribution is -1.96. The van der Waals surface area contributed by atoms with Crippen LogP contribution in [-0.2, 0) is 6.42 Å². The van der Waals surface area contributed by atoms with E-state index in [1.54, 1.807) is 0 Å². The maximum atomic E-state index is 2.53. The summed E-state index contributed by atoms with van der Waals surface area (Å²) in [7, 11) is 0. The zero-order valence-electron chi connectivity index (χ0n) is 28.7. The first-order valence-corrected chi connectivity index (χ1v) is 19.1. The van der Waals surface area contributed by atoms with Crippen LogP contribution in [0.5, 0.6) is 0 Å². The molecule has 2 aromatic heterocycles. The summed E-state index contributed by atoms with van der Waals surface area (Å²) in [4.78, 5) is 0. The average Bonchev–Trinajstić information content (AvgIpc) is 3.72. The van der Waals surface area contributed by atoms with Crippen LogP contribution in [0.4, 0.5) is 0 Å². The van der Waals surface area contributed by atoms with Crippen molar-refractivity contribution < 1.29 is 0 Å². The van der Waals surface area contributed by atoms with Gasteiger partial charge in [-0.15, -0.1) is 11.3 Å². The van der Waals surface area contributed by atoms with Gasteiger partial charge in [-0.2, -0.15) is 0 Å². The molecule has 0 saturated carbocycles. The van der Waals surface area contributed by atoms with E-state index in [4.69, 9.17) is 0 Å². The van der Waals surface area contributed by atoms with E-state index in [2.05, 4.69) is 157 Å². The number of aromatic nitrogens is 1. The normalized spacial score (nSPS) is 11.9. The molecule has 0 atom stereocenters. The summed E-state index contributed by atoms with van der Waals surface area (Å²) in [5.74, 6) is 0. The highest BCUT2D eigenvalue weighted by Gasteiger charge is 2.18. The van der Waals surface area contributed by atoms with Crippen LogP contribution in [0.1, 0.15) is 51.0 Å². The van der Waals surface area contributed by atoms with Crippen LogP contribution < -0.4 is 0 Å². The number of hydrogen-bond donors (Lipinski definition) is 0. The number of benzene rings is 7.